The van der Waals surface area contributed by atoms with Gasteiger partial charge in [0.1, 0.15) is 23.2 Å². The van der Waals surface area contributed by atoms with E-state index in [2.05, 4.69) is 0 Å². The van der Waals surface area contributed by atoms with Crippen LogP contribution in [0.2, 0.25) is 0 Å². The molecule has 12 heteroatoms. The number of hydrogen-bond donors (Lipinski definition) is 6. The Bertz CT molecular complexity index is 1410. The molecular weight excluding hydrogens is 526 g/mol. The Morgan fingerprint density at radius 2 is 1.75 bits per heavy atom. The molecule has 2 aromatic rings. The zero-order valence-electron chi connectivity index (χ0n) is 22.1. The van der Waals surface area contributed by atoms with Gasteiger partial charge in [0.05, 0.1) is 47.7 Å². The van der Waals surface area contributed by atoms with E-state index in [4.69, 9.17) is 19.9 Å². The normalized spacial score (nSPS) is 31.2. The van der Waals surface area contributed by atoms with E-state index >= 15 is 0 Å². The molecule has 0 spiro atoms. The van der Waals surface area contributed by atoms with E-state index in [0.29, 0.717) is 0 Å². The van der Waals surface area contributed by atoms with Crippen LogP contribution in [0.15, 0.2) is 18.2 Å². The van der Waals surface area contributed by atoms with Gasteiger partial charge in [-0.2, -0.15) is 0 Å². The molecule has 0 radical (unpaired) electrons. The summed E-state index contributed by atoms with van der Waals surface area (Å²) in [6.07, 6.45) is -4.24. The summed E-state index contributed by atoms with van der Waals surface area (Å²) >= 11 is 0. The van der Waals surface area contributed by atoms with Gasteiger partial charge >= 0.3 is 5.97 Å². The van der Waals surface area contributed by atoms with Gasteiger partial charge in [-0.05, 0) is 19.4 Å². The molecule has 2 aromatic carbocycles. The molecule has 5 rings (SSSR count). The monoisotopic (exact) mass is 557 g/mol. The fourth-order valence-corrected chi connectivity index (χ4v) is 6.13. The SMILES string of the molecule is CC[C@@]1(O)C[C@@H](O[C@@H]2C[C@H](N)[C@H](O)[C@H](C)O2)c2c(O)c3c(c(O)c2[C@@H]1C(=O)OC)C(=O)c1cccc(O)c1C3=O. The number of carbonyl (C=O) groups is 3. The number of aliphatic hydroxyl groups is 2. The van der Waals surface area contributed by atoms with E-state index < -0.39 is 88.1 Å². The molecule has 1 heterocycles. The number of nitrogens with two attached hydrogens (primary N) is 1. The number of ether oxygens (including phenoxy) is 3. The van der Waals surface area contributed by atoms with Crippen LogP contribution < -0.4 is 5.73 Å². The van der Waals surface area contributed by atoms with E-state index in [0.717, 1.165) is 7.11 Å². The van der Waals surface area contributed by atoms with Crippen molar-refractivity contribution in [2.24, 2.45) is 5.73 Å². The number of rotatable bonds is 4. The first-order valence-corrected chi connectivity index (χ1v) is 12.9. The molecular formula is C28H31NO11. The highest BCUT2D eigenvalue weighted by molar-refractivity contribution is 6.31. The first kappa shape index (κ1) is 28.0. The highest BCUT2D eigenvalue weighted by Crippen LogP contribution is 2.57. The second-order valence-corrected chi connectivity index (χ2v) is 10.5. The average Bonchev–Trinajstić information content (AvgIpc) is 2.91. The highest BCUT2D eigenvalue weighted by atomic mass is 16.7. The molecule has 40 heavy (non-hydrogen) atoms. The molecule has 0 aromatic heterocycles. The van der Waals surface area contributed by atoms with Crippen molar-refractivity contribution in [3.8, 4) is 17.2 Å². The average molecular weight is 558 g/mol. The maximum atomic E-state index is 13.6. The fourth-order valence-electron chi connectivity index (χ4n) is 6.13. The summed E-state index contributed by atoms with van der Waals surface area (Å²) < 4.78 is 16.8. The molecule has 1 fully saturated rings. The minimum absolute atomic E-state index is 0.0207. The van der Waals surface area contributed by atoms with Crippen LogP contribution in [-0.4, -0.2) is 80.3 Å². The van der Waals surface area contributed by atoms with Crippen LogP contribution >= 0.6 is 0 Å². The Hall–Kier alpha value is -3.55. The number of phenolic OH excluding ortho intramolecular Hbond substituents is 3. The minimum atomic E-state index is -1.87. The third-order valence-electron chi connectivity index (χ3n) is 8.29. The van der Waals surface area contributed by atoms with Gasteiger partial charge in [0.25, 0.3) is 0 Å². The molecule has 12 nitrogen and oxygen atoms in total. The molecule has 1 aliphatic heterocycles. The summed E-state index contributed by atoms with van der Waals surface area (Å²) in [4.78, 5) is 40.2. The summed E-state index contributed by atoms with van der Waals surface area (Å²) in [5.74, 6) is -6.33. The lowest BCUT2D eigenvalue weighted by Crippen LogP contribution is -2.52. The third-order valence-corrected chi connectivity index (χ3v) is 8.29. The molecule has 7 N–H and O–H groups in total. The van der Waals surface area contributed by atoms with Crippen LogP contribution in [0.5, 0.6) is 17.2 Å². The predicted octanol–water partition coefficient (Wildman–Crippen LogP) is 1.26. The number of fused-ring (bicyclic) bond motifs is 3. The summed E-state index contributed by atoms with van der Waals surface area (Å²) in [5.41, 5.74) is 1.96. The lowest BCUT2D eigenvalue weighted by atomic mass is 9.66. The van der Waals surface area contributed by atoms with Gasteiger partial charge in [-0.15, -0.1) is 0 Å². The second-order valence-electron chi connectivity index (χ2n) is 10.5. The standard InChI is InChI=1S/C28H31NO11/c1-4-28(37)9-14(40-15-8-12(29)22(31)10(2)39-15)17-18(21(28)27(36)38-3)26(35)19-20(25(17)34)24(33)16-11(23(19)32)6-5-7-13(16)30/h5-7,10,12,14-15,21-22,30-31,34-35,37H,4,8-9,29H2,1-3H3/t10-,12-,14+,15+,21+,22+,28+/m0/s1. The van der Waals surface area contributed by atoms with Crippen molar-refractivity contribution in [2.45, 2.75) is 75.3 Å². The zero-order chi connectivity index (χ0) is 29.3. The number of aliphatic hydroxyl groups excluding tert-OH is 1. The Kier molecular flexibility index (Phi) is 6.87. The van der Waals surface area contributed by atoms with E-state index in [1.165, 1.54) is 18.2 Å². The maximum Gasteiger partial charge on any atom is 0.316 e. The summed E-state index contributed by atoms with van der Waals surface area (Å²) in [6.45, 7) is 3.20. The molecule has 7 atom stereocenters. The Morgan fingerprint density at radius 1 is 1.10 bits per heavy atom. The Labute approximate surface area is 228 Å². The van der Waals surface area contributed by atoms with Crippen LogP contribution in [0.3, 0.4) is 0 Å². The zero-order valence-corrected chi connectivity index (χ0v) is 22.1. The van der Waals surface area contributed by atoms with Crippen molar-refractivity contribution in [1.29, 1.82) is 0 Å². The van der Waals surface area contributed by atoms with E-state index in [1.807, 2.05) is 0 Å². The van der Waals surface area contributed by atoms with Crippen molar-refractivity contribution < 1.29 is 54.1 Å². The number of aromatic hydroxyl groups is 3. The Balaban J connectivity index is 1.76. The third kappa shape index (κ3) is 3.98. The molecule has 3 aliphatic rings. The highest BCUT2D eigenvalue weighted by Gasteiger charge is 2.54. The van der Waals surface area contributed by atoms with Crippen molar-refractivity contribution in [1.82, 2.24) is 0 Å². The van der Waals surface area contributed by atoms with Gasteiger partial charge in [-0.25, -0.2) is 0 Å². The van der Waals surface area contributed by atoms with Crippen LogP contribution in [0, 0.1) is 0 Å². The predicted molar refractivity (Wildman–Crippen MR) is 136 cm³/mol. The first-order chi connectivity index (χ1) is 18.9. The van der Waals surface area contributed by atoms with Gasteiger partial charge in [-0.3, -0.25) is 14.4 Å². The smallest absolute Gasteiger partial charge is 0.316 e. The lowest BCUT2D eigenvalue weighted by molar-refractivity contribution is -0.249. The van der Waals surface area contributed by atoms with Gasteiger partial charge in [0.2, 0.25) is 5.78 Å². The number of carbonyl (C=O) groups excluding carboxylic acids is 3. The Morgan fingerprint density at radius 3 is 2.38 bits per heavy atom. The van der Waals surface area contributed by atoms with Crippen molar-refractivity contribution in [3.63, 3.8) is 0 Å². The van der Waals surface area contributed by atoms with Crippen molar-refractivity contribution in [3.05, 3.63) is 51.6 Å². The van der Waals surface area contributed by atoms with Crippen LogP contribution in [-0.2, 0) is 19.0 Å². The van der Waals surface area contributed by atoms with E-state index in [9.17, 15) is 39.9 Å². The topological polar surface area (TPSA) is 206 Å². The van der Waals surface area contributed by atoms with Gasteiger partial charge in [0, 0.05) is 35.6 Å². The number of benzene rings is 2. The summed E-state index contributed by atoms with van der Waals surface area (Å²) in [5, 5.41) is 55.4. The van der Waals surface area contributed by atoms with Gasteiger partial charge in [0.15, 0.2) is 12.1 Å². The lowest BCUT2D eigenvalue weighted by Gasteiger charge is -2.45. The fraction of sp³-hybridized carbons (Fsp3) is 0.464. The van der Waals surface area contributed by atoms with E-state index in [1.54, 1.807) is 13.8 Å². The summed E-state index contributed by atoms with van der Waals surface area (Å²) in [6, 6.07) is 3.14. The number of hydrogen-bond acceptors (Lipinski definition) is 12. The second kappa shape index (κ2) is 9.82. The molecule has 1 saturated heterocycles. The minimum Gasteiger partial charge on any atom is -0.507 e. The van der Waals surface area contributed by atoms with Crippen LogP contribution in [0.1, 0.15) is 88.1 Å². The first-order valence-electron chi connectivity index (χ1n) is 12.9. The number of esters is 1. The molecule has 0 saturated carbocycles. The van der Waals surface area contributed by atoms with Crippen molar-refractivity contribution >= 4 is 17.5 Å². The number of methoxy groups -OCH3 is 1. The molecule has 214 valence electrons. The number of ketones is 2. The van der Waals surface area contributed by atoms with Gasteiger partial charge < -0.3 is 45.5 Å². The largest absolute Gasteiger partial charge is 0.507 e. The molecule has 0 bridgehead atoms. The molecule has 0 unspecified atom stereocenters. The molecule has 2 aliphatic carbocycles. The summed E-state index contributed by atoms with van der Waals surface area (Å²) in [7, 11) is 1.09. The van der Waals surface area contributed by atoms with Crippen LogP contribution in [0.25, 0.3) is 0 Å². The number of phenols is 3. The quantitative estimate of drug-likeness (QED) is 0.198. The molecule has 0 amide bonds. The maximum absolute atomic E-state index is 13.6. The van der Waals surface area contributed by atoms with Gasteiger partial charge in [-0.1, -0.05) is 19.1 Å². The van der Waals surface area contributed by atoms with Crippen molar-refractivity contribution in [2.75, 3.05) is 7.11 Å². The van der Waals surface area contributed by atoms with E-state index in [-0.39, 0.29) is 41.5 Å². The van der Waals surface area contributed by atoms with Crippen LogP contribution in [0.4, 0.5) is 0 Å².